The molecule has 0 bridgehead atoms. The van der Waals surface area contributed by atoms with Crippen molar-refractivity contribution in [3.63, 3.8) is 0 Å². The molecule has 18 heavy (non-hydrogen) atoms. The van der Waals surface area contributed by atoms with Crippen molar-refractivity contribution in [3.8, 4) is 0 Å². The van der Waals surface area contributed by atoms with Gasteiger partial charge in [0.1, 0.15) is 5.51 Å². The summed E-state index contributed by atoms with van der Waals surface area (Å²) in [5, 5.41) is 22.0. The number of hydrogen-bond donors (Lipinski definition) is 3. The lowest BCUT2D eigenvalue weighted by molar-refractivity contribution is -0.142. The predicted octanol–water partition coefficient (Wildman–Crippen LogP) is 1.30. The number of nitrogens with one attached hydrogen (secondary N) is 2. The number of hydrogen-bond acceptors (Lipinski definition) is 5. The van der Waals surface area contributed by atoms with Crippen LogP contribution in [0.25, 0.3) is 0 Å². The summed E-state index contributed by atoms with van der Waals surface area (Å²) in [6.07, 6.45) is 2.61. The van der Waals surface area contributed by atoms with E-state index in [-0.39, 0.29) is 18.0 Å². The molecule has 7 nitrogen and oxygen atoms in total. The average Bonchev–Trinajstić information content (AvgIpc) is 2.82. The zero-order valence-electron chi connectivity index (χ0n) is 9.63. The van der Waals surface area contributed by atoms with Crippen LogP contribution in [0.1, 0.15) is 25.7 Å². The topological polar surface area (TPSA) is 104 Å². The summed E-state index contributed by atoms with van der Waals surface area (Å²) in [5.41, 5.74) is 1.54. The number of urea groups is 1. The van der Waals surface area contributed by atoms with Crippen LogP contribution in [0, 0.1) is 5.92 Å². The highest BCUT2D eigenvalue weighted by atomic mass is 32.1. The fourth-order valence-corrected chi connectivity index (χ4v) is 2.47. The maximum atomic E-state index is 11.6. The van der Waals surface area contributed by atoms with Gasteiger partial charge in [-0.25, -0.2) is 4.79 Å². The third-order valence-corrected chi connectivity index (χ3v) is 3.60. The van der Waals surface area contributed by atoms with Crippen molar-refractivity contribution in [2.45, 2.75) is 31.7 Å². The number of carboxylic acid groups (broad SMARTS) is 1. The average molecular weight is 270 g/mol. The quantitative estimate of drug-likeness (QED) is 0.768. The van der Waals surface area contributed by atoms with Gasteiger partial charge in [0.05, 0.1) is 5.92 Å². The molecule has 3 N–H and O–H groups in total. The maximum Gasteiger partial charge on any atom is 0.321 e. The van der Waals surface area contributed by atoms with Crippen molar-refractivity contribution < 1.29 is 14.7 Å². The summed E-state index contributed by atoms with van der Waals surface area (Å²) >= 11 is 1.25. The number of aliphatic carboxylic acids is 1. The summed E-state index contributed by atoms with van der Waals surface area (Å²) in [6.45, 7) is 0. The lowest BCUT2D eigenvalue weighted by atomic mass is 9.86. The fraction of sp³-hybridized carbons (Fsp3) is 0.600. The highest BCUT2D eigenvalue weighted by Crippen LogP contribution is 2.24. The first-order valence-electron chi connectivity index (χ1n) is 5.71. The van der Waals surface area contributed by atoms with Crippen LogP contribution in [-0.4, -0.2) is 33.3 Å². The van der Waals surface area contributed by atoms with Gasteiger partial charge in [-0.15, -0.1) is 10.2 Å². The van der Waals surface area contributed by atoms with Crippen LogP contribution in [0.2, 0.25) is 0 Å². The molecular formula is C10H14N4O3S. The molecule has 0 aliphatic heterocycles. The van der Waals surface area contributed by atoms with Gasteiger partial charge >= 0.3 is 12.0 Å². The second-order valence-electron chi connectivity index (χ2n) is 4.23. The monoisotopic (exact) mass is 270 g/mol. The minimum Gasteiger partial charge on any atom is -0.481 e. The molecule has 0 radical (unpaired) electrons. The van der Waals surface area contributed by atoms with E-state index in [1.165, 1.54) is 16.8 Å². The van der Waals surface area contributed by atoms with Crippen LogP contribution in [0.5, 0.6) is 0 Å². The minimum absolute atomic E-state index is 0.0357. The normalized spacial score (nSPS) is 23.3. The molecule has 1 aliphatic carbocycles. The Morgan fingerprint density at radius 1 is 1.33 bits per heavy atom. The molecule has 1 aromatic rings. The molecule has 0 spiro atoms. The van der Waals surface area contributed by atoms with Gasteiger partial charge < -0.3 is 10.4 Å². The van der Waals surface area contributed by atoms with Crippen molar-refractivity contribution in [3.05, 3.63) is 5.51 Å². The molecule has 2 amide bonds. The second-order valence-corrected chi connectivity index (χ2v) is 5.06. The van der Waals surface area contributed by atoms with Crippen LogP contribution in [0.15, 0.2) is 5.51 Å². The molecule has 1 heterocycles. The van der Waals surface area contributed by atoms with Crippen LogP contribution in [0.4, 0.5) is 9.93 Å². The lowest BCUT2D eigenvalue weighted by Gasteiger charge is -2.26. The van der Waals surface area contributed by atoms with Crippen molar-refractivity contribution in [1.82, 2.24) is 15.5 Å². The largest absolute Gasteiger partial charge is 0.481 e. The highest BCUT2D eigenvalue weighted by Gasteiger charge is 2.26. The Hall–Kier alpha value is -1.70. The molecule has 98 valence electrons. The summed E-state index contributed by atoms with van der Waals surface area (Å²) in [6, 6.07) is -0.279. The van der Waals surface area contributed by atoms with Gasteiger partial charge in [-0.2, -0.15) is 0 Å². The number of carboxylic acids is 1. The summed E-state index contributed by atoms with van der Waals surface area (Å²) in [4.78, 5) is 22.4. The number of anilines is 1. The van der Waals surface area contributed by atoms with E-state index in [0.717, 1.165) is 0 Å². The van der Waals surface area contributed by atoms with Crippen LogP contribution in [0.3, 0.4) is 0 Å². The van der Waals surface area contributed by atoms with E-state index in [4.69, 9.17) is 5.11 Å². The SMILES string of the molecule is O=C(Nc1nncs1)NC1CCC(C(=O)O)CC1. The first kappa shape index (κ1) is 12.7. The lowest BCUT2D eigenvalue weighted by Crippen LogP contribution is -2.40. The van der Waals surface area contributed by atoms with Crippen LogP contribution >= 0.6 is 11.3 Å². The van der Waals surface area contributed by atoms with Crippen molar-refractivity contribution >= 4 is 28.5 Å². The Morgan fingerprint density at radius 3 is 2.61 bits per heavy atom. The molecule has 0 aromatic carbocycles. The van der Waals surface area contributed by atoms with E-state index in [1.807, 2.05) is 0 Å². The third-order valence-electron chi connectivity index (χ3n) is 2.99. The fourth-order valence-electron chi connectivity index (χ4n) is 2.03. The van der Waals surface area contributed by atoms with Crippen LogP contribution in [-0.2, 0) is 4.79 Å². The first-order chi connectivity index (χ1) is 8.65. The van der Waals surface area contributed by atoms with E-state index < -0.39 is 5.97 Å². The molecule has 1 fully saturated rings. The zero-order chi connectivity index (χ0) is 13.0. The van der Waals surface area contributed by atoms with Gasteiger partial charge in [0.15, 0.2) is 0 Å². The smallest absolute Gasteiger partial charge is 0.321 e. The third kappa shape index (κ3) is 3.39. The molecule has 0 saturated heterocycles. The molecule has 1 saturated carbocycles. The van der Waals surface area contributed by atoms with Crippen molar-refractivity contribution in [2.75, 3.05) is 5.32 Å². The highest BCUT2D eigenvalue weighted by molar-refractivity contribution is 7.13. The standard InChI is InChI=1S/C10H14N4O3S/c15-8(16)6-1-3-7(4-2-6)12-9(17)13-10-14-11-5-18-10/h5-7H,1-4H2,(H,15,16)(H2,12,13,14,17). The van der Waals surface area contributed by atoms with Gasteiger partial charge in [0.2, 0.25) is 5.13 Å². The number of aromatic nitrogens is 2. The Kier molecular flexibility index (Phi) is 4.08. The van der Waals surface area contributed by atoms with Gasteiger partial charge in [-0.05, 0) is 25.7 Å². The van der Waals surface area contributed by atoms with Gasteiger partial charge in [-0.1, -0.05) is 11.3 Å². The van der Waals surface area contributed by atoms with Crippen molar-refractivity contribution in [1.29, 1.82) is 0 Å². The molecular weight excluding hydrogens is 256 g/mol. The van der Waals surface area contributed by atoms with Gasteiger partial charge in [0.25, 0.3) is 0 Å². The second kappa shape index (κ2) is 5.76. The summed E-state index contributed by atoms with van der Waals surface area (Å²) in [5.74, 6) is -1.01. The van der Waals surface area contributed by atoms with Crippen LogP contribution < -0.4 is 10.6 Å². The Bertz CT molecular complexity index is 415. The first-order valence-corrected chi connectivity index (χ1v) is 6.59. The van der Waals surface area contributed by atoms with Gasteiger partial charge in [0, 0.05) is 6.04 Å². The summed E-state index contributed by atoms with van der Waals surface area (Å²) in [7, 11) is 0. The molecule has 0 unspecified atom stereocenters. The Balaban J connectivity index is 1.74. The maximum absolute atomic E-state index is 11.6. The van der Waals surface area contributed by atoms with E-state index in [2.05, 4.69) is 20.8 Å². The predicted molar refractivity (Wildman–Crippen MR) is 65.4 cm³/mol. The number of carbonyl (C=O) groups excluding carboxylic acids is 1. The number of rotatable bonds is 3. The molecule has 1 aliphatic rings. The molecule has 2 rings (SSSR count). The van der Waals surface area contributed by atoms with Crippen molar-refractivity contribution in [2.24, 2.45) is 5.92 Å². The van der Waals surface area contributed by atoms with E-state index in [1.54, 1.807) is 0 Å². The van der Waals surface area contributed by atoms with E-state index in [0.29, 0.717) is 30.8 Å². The number of nitrogens with zero attached hydrogens (tertiary/aromatic N) is 2. The van der Waals surface area contributed by atoms with E-state index >= 15 is 0 Å². The molecule has 1 aromatic heterocycles. The van der Waals surface area contributed by atoms with E-state index in [9.17, 15) is 9.59 Å². The Morgan fingerprint density at radius 2 is 2.06 bits per heavy atom. The zero-order valence-corrected chi connectivity index (χ0v) is 10.4. The number of carbonyl (C=O) groups is 2. The van der Waals surface area contributed by atoms with Gasteiger partial charge in [-0.3, -0.25) is 10.1 Å². The summed E-state index contributed by atoms with van der Waals surface area (Å²) < 4.78 is 0. The minimum atomic E-state index is -0.744. The molecule has 0 atom stereocenters. The number of amides is 2. The Labute approximate surface area is 108 Å². The molecule has 8 heteroatoms.